The number of carbonyl (C=O) groups is 2. The number of amides is 2. The molecule has 1 rings (SSSR count). The monoisotopic (exact) mass is 129 g/mol. The molecule has 0 aromatic rings. The van der Waals surface area contributed by atoms with E-state index < -0.39 is 0 Å². The number of carbonyl (C=O) groups excluding carboxylic acids is 2. The Morgan fingerprint density at radius 3 is 2.00 bits per heavy atom. The standard InChI is InChI=1S/C6H7NO2/c1-2-7-5(8)3-4-6(7)9/h3-4H,2H2,1H3/i3+2,4+2. The molecule has 0 aliphatic carbocycles. The van der Waals surface area contributed by atoms with Crippen molar-refractivity contribution in [2.24, 2.45) is 0 Å². The van der Waals surface area contributed by atoms with Crippen molar-refractivity contribution in [1.82, 2.24) is 4.90 Å². The van der Waals surface area contributed by atoms with Gasteiger partial charge in [0.15, 0.2) is 0 Å². The van der Waals surface area contributed by atoms with Gasteiger partial charge in [0, 0.05) is 18.7 Å². The maximum atomic E-state index is 10.6. The third kappa shape index (κ3) is 0.850. The molecular formula is C6H7NO2. The molecule has 2 amide bonds. The Kier molecular flexibility index (Phi) is 1.34. The van der Waals surface area contributed by atoms with Crippen LogP contribution in [-0.4, -0.2) is 23.3 Å². The molecule has 1 aliphatic rings. The third-order valence-electron chi connectivity index (χ3n) is 1.22. The number of rotatable bonds is 1. The van der Waals surface area contributed by atoms with Crippen LogP contribution in [-0.2, 0) is 9.59 Å². The molecule has 48 valence electrons. The van der Waals surface area contributed by atoms with E-state index in [9.17, 15) is 9.59 Å². The van der Waals surface area contributed by atoms with E-state index in [4.69, 9.17) is 0 Å². The molecule has 0 aromatic carbocycles. The molecule has 1 heterocycles. The highest BCUT2D eigenvalue weighted by Crippen LogP contribution is 2.00. The van der Waals surface area contributed by atoms with Gasteiger partial charge in [0.05, 0.1) is 0 Å². The summed E-state index contributed by atoms with van der Waals surface area (Å²) in [4.78, 5) is 22.4. The van der Waals surface area contributed by atoms with E-state index in [1.807, 2.05) is 0 Å². The first-order valence-electron chi connectivity index (χ1n) is 2.79. The number of likely N-dealkylation sites (N-methyl/N-ethyl adjacent to an activating group) is 1. The molecule has 0 fully saturated rings. The fourth-order valence-electron chi connectivity index (χ4n) is 0.743. The van der Waals surface area contributed by atoms with Gasteiger partial charge in [-0.1, -0.05) is 0 Å². The minimum Gasteiger partial charge on any atom is -0.276 e. The molecule has 0 radical (unpaired) electrons. The second-order valence-corrected chi connectivity index (χ2v) is 1.75. The lowest BCUT2D eigenvalue weighted by Crippen LogP contribution is -2.29. The van der Waals surface area contributed by atoms with Gasteiger partial charge in [0.25, 0.3) is 11.8 Å². The molecule has 0 atom stereocenters. The Morgan fingerprint density at radius 1 is 1.33 bits per heavy atom. The van der Waals surface area contributed by atoms with Crippen molar-refractivity contribution in [3.05, 3.63) is 12.2 Å². The van der Waals surface area contributed by atoms with Gasteiger partial charge < -0.3 is 0 Å². The molecule has 0 unspecified atom stereocenters. The third-order valence-corrected chi connectivity index (χ3v) is 1.22. The molecule has 0 saturated carbocycles. The smallest absolute Gasteiger partial charge is 0.253 e. The van der Waals surface area contributed by atoms with Crippen LogP contribution in [0.2, 0.25) is 0 Å². The van der Waals surface area contributed by atoms with Crippen molar-refractivity contribution in [3.63, 3.8) is 0 Å². The quantitative estimate of drug-likeness (QED) is 0.465. The average molecular weight is 129 g/mol. The van der Waals surface area contributed by atoms with Crippen molar-refractivity contribution in [2.75, 3.05) is 6.54 Å². The van der Waals surface area contributed by atoms with E-state index in [2.05, 4.69) is 0 Å². The first kappa shape index (κ1) is 6.01. The highest BCUT2D eigenvalue weighted by Gasteiger charge is 2.20. The zero-order chi connectivity index (χ0) is 6.85. The minimum atomic E-state index is -0.206. The van der Waals surface area contributed by atoms with Crippen LogP contribution in [0.15, 0.2) is 12.2 Å². The van der Waals surface area contributed by atoms with Crippen LogP contribution >= 0.6 is 0 Å². The predicted molar refractivity (Wildman–Crippen MR) is 31.5 cm³/mol. The first-order valence-corrected chi connectivity index (χ1v) is 2.79. The summed E-state index contributed by atoms with van der Waals surface area (Å²) in [6.45, 7) is 2.23. The van der Waals surface area contributed by atoms with Gasteiger partial charge in [-0.25, -0.2) is 0 Å². The van der Waals surface area contributed by atoms with Crippen LogP contribution in [0, 0.1) is 0 Å². The van der Waals surface area contributed by atoms with Gasteiger partial charge in [-0.3, -0.25) is 14.5 Å². The number of imide groups is 1. The van der Waals surface area contributed by atoms with Crippen molar-refractivity contribution in [3.8, 4) is 0 Å². The van der Waals surface area contributed by atoms with Crippen molar-refractivity contribution < 1.29 is 9.59 Å². The number of hydrogen-bond acceptors (Lipinski definition) is 2. The highest BCUT2D eigenvalue weighted by atomic mass is 16.2. The topological polar surface area (TPSA) is 37.4 Å². The number of nitrogens with zero attached hydrogens (tertiary/aromatic N) is 1. The average Bonchev–Trinajstić information content (AvgIpc) is 2.12. The van der Waals surface area contributed by atoms with E-state index in [-0.39, 0.29) is 11.8 Å². The molecule has 3 nitrogen and oxygen atoms in total. The Labute approximate surface area is 53.0 Å². The summed E-state index contributed by atoms with van der Waals surface area (Å²) in [7, 11) is 0. The van der Waals surface area contributed by atoms with Crippen molar-refractivity contribution in [1.29, 1.82) is 0 Å². The van der Waals surface area contributed by atoms with Gasteiger partial charge >= 0.3 is 0 Å². The number of hydrogen-bond donors (Lipinski definition) is 0. The van der Waals surface area contributed by atoms with Crippen LogP contribution in [0.25, 0.3) is 0 Å². The second kappa shape index (κ2) is 2.01. The zero-order valence-electron chi connectivity index (χ0n) is 5.13. The largest absolute Gasteiger partial charge is 0.276 e. The second-order valence-electron chi connectivity index (χ2n) is 1.75. The zero-order valence-corrected chi connectivity index (χ0v) is 5.13. The predicted octanol–water partition coefficient (Wildman–Crippen LogP) is -0.0687. The van der Waals surface area contributed by atoms with E-state index in [1.54, 1.807) is 6.92 Å². The van der Waals surface area contributed by atoms with Crippen molar-refractivity contribution >= 4 is 11.8 Å². The fraction of sp³-hybridized carbons (Fsp3) is 0.333. The fourth-order valence-corrected chi connectivity index (χ4v) is 0.743. The normalized spacial score (nSPS) is 17.7. The van der Waals surface area contributed by atoms with E-state index in [1.165, 1.54) is 17.1 Å². The molecule has 0 N–H and O–H groups in total. The first-order chi connectivity index (χ1) is 4.25. The van der Waals surface area contributed by atoms with Crippen LogP contribution < -0.4 is 0 Å². The molecule has 0 bridgehead atoms. The lowest BCUT2D eigenvalue weighted by atomic mass is 10.6. The summed E-state index contributed by atoms with van der Waals surface area (Å²) in [5, 5.41) is 0. The van der Waals surface area contributed by atoms with Crippen LogP contribution in [0.3, 0.4) is 0 Å². The van der Waals surface area contributed by atoms with Gasteiger partial charge in [-0.15, -0.1) is 0 Å². The van der Waals surface area contributed by atoms with Gasteiger partial charge in [0.1, 0.15) is 0 Å². The maximum Gasteiger partial charge on any atom is 0.253 e. The summed E-state index contributed by atoms with van der Waals surface area (Å²) < 4.78 is 0. The Morgan fingerprint density at radius 2 is 1.78 bits per heavy atom. The molecule has 0 spiro atoms. The van der Waals surface area contributed by atoms with E-state index in [0.29, 0.717) is 6.54 Å². The summed E-state index contributed by atoms with van der Waals surface area (Å²) in [5.74, 6) is -0.412. The Balaban J connectivity index is 2.75. The SMILES string of the molecule is CCN1C(=O)[14CH]=[14CH]C1=O. The molecular weight excluding hydrogens is 122 g/mol. The molecule has 0 saturated heterocycles. The molecule has 1 aliphatic heterocycles. The van der Waals surface area contributed by atoms with Crippen molar-refractivity contribution in [2.45, 2.75) is 6.92 Å². The summed E-state index contributed by atoms with van der Waals surface area (Å²) in [6.07, 6.45) is 2.57. The summed E-state index contributed by atoms with van der Waals surface area (Å²) in [5.41, 5.74) is 0. The molecule has 3 heteroatoms. The van der Waals surface area contributed by atoms with E-state index in [0.717, 1.165) is 0 Å². The van der Waals surface area contributed by atoms with Gasteiger partial charge in [-0.05, 0) is 6.92 Å². The highest BCUT2D eigenvalue weighted by molar-refractivity contribution is 6.12. The lowest BCUT2D eigenvalue weighted by Gasteiger charge is -2.08. The lowest BCUT2D eigenvalue weighted by molar-refractivity contribution is -0.136. The Hall–Kier alpha value is -1.12. The van der Waals surface area contributed by atoms with Gasteiger partial charge in [0.2, 0.25) is 0 Å². The maximum absolute atomic E-state index is 10.6. The molecule has 9 heavy (non-hydrogen) atoms. The summed E-state index contributed by atoms with van der Waals surface area (Å²) >= 11 is 0. The van der Waals surface area contributed by atoms with Crippen LogP contribution in [0.4, 0.5) is 0 Å². The molecule has 0 aromatic heterocycles. The van der Waals surface area contributed by atoms with Crippen LogP contribution in [0.1, 0.15) is 6.92 Å². The minimum absolute atomic E-state index is 0.206. The Bertz CT molecular complexity index is 165. The van der Waals surface area contributed by atoms with E-state index >= 15 is 0 Å². The summed E-state index contributed by atoms with van der Waals surface area (Å²) in [6, 6.07) is 0. The van der Waals surface area contributed by atoms with Gasteiger partial charge in [-0.2, -0.15) is 0 Å². The van der Waals surface area contributed by atoms with Crippen LogP contribution in [0.5, 0.6) is 0 Å².